The lowest BCUT2D eigenvalue weighted by Crippen LogP contribution is -2.37. The topological polar surface area (TPSA) is 3.24 Å². The number of hydrogen-bond donors (Lipinski definition) is 0. The van der Waals surface area contributed by atoms with Crippen LogP contribution < -0.4 is 0 Å². The molecule has 0 radical (unpaired) electrons. The number of alkyl halides is 2. The van der Waals surface area contributed by atoms with Crippen molar-refractivity contribution >= 4 is 0 Å². The molecule has 0 bridgehead atoms. The fraction of sp³-hybridized carbons (Fsp3) is 1.00. The molecule has 0 amide bonds. The van der Waals surface area contributed by atoms with E-state index in [9.17, 15) is 8.78 Å². The second-order valence-corrected chi connectivity index (χ2v) is 4.20. The molecule has 78 valence electrons. The van der Waals surface area contributed by atoms with Gasteiger partial charge in [0, 0.05) is 19.0 Å². The summed E-state index contributed by atoms with van der Waals surface area (Å²) in [5, 5.41) is 0. The molecule has 0 saturated carbocycles. The Labute approximate surface area is 79.1 Å². The molecule has 0 N–H and O–H groups in total. The smallest absolute Gasteiger partial charge is 0.261 e. The first-order valence-electron chi connectivity index (χ1n) is 5.08. The van der Waals surface area contributed by atoms with Gasteiger partial charge in [-0.1, -0.05) is 20.3 Å². The zero-order valence-electron chi connectivity index (χ0n) is 8.69. The Balaban J connectivity index is 2.46. The number of hydrogen-bond acceptors (Lipinski definition) is 1. The van der Waals surface area contributed by atoms with Crippen molar-refractivity contribution in [1.29, 1.82) is 0 Å². The SMILES string of the molecule is CCC(C)C(C)N1CCC(F)(F)C1. The summed E-state index contributed by atoms with van der Waals surface area (Å²) in [6.45, 7) is 6.79. The minimum atomic E-state index is -2.44. The molecule has 13 heavy (non-hydrogen) atoms. The monoisotopic (exact) mass is 191 g/mol. The van der Waals surface area contributed by atoms with Crippen molar-refractivity contribution < 1.29 is 8.78 Å². The molecular formula is C10H19F2N. The Morgan fingerprint density at radius 3 is 2.38 bits per heavy atom. The maximum absolute atomic E-state index is 12.9. The molecule has 0 aromatic carbocycles. The van der Waals surface area contributed by atoms with Crippen LogP contribution in [-0.2, 0) is 0 Å². The van der Waals surface area contributed by atoms with Crippen LogP contribution >= 0.6 is 0 Å². The number of rotatable bonds is 3. The van der Waals surface area contributed by atoms with Crippen LogP contribution in [0.15, 0.2) is 0 Å². The number of likely N-dealkylation sites (tertiary alicyclic amines) is 1. The molecule has 1 aliphatic heterocycles. The summed E-state index contributed by atoms with van der Waals surface area (Å²) >= 11 is 0. The molecule has 3 heteroatoms. The lowest BCUT2D eigenvalue weighted by atomic mass is 10.00. The van der Waals surface area contributed by atoms with Crippen molar-refractivity contribution in [2.75, 3.05) is 13.1 Å². The Morgan fingerprint density at radius 1 is 1.38 bits per heavy atom. The van der Waals surface area contributed by atoms with Gasteiger partial charge in [0.1, 0.15) is 0 Å². The summed E-state index contributed by atoms with van der Waals surface area (Å²) in [5.41, 5.74) is 0. The normalized spacial score (nSPS) is 27.5. The van der Waals surface area contributed by atoms with Crippen LogP contribution in [0.3, 0.4) is 0 Å². The third-order valence-corrected chi connectivity index (χ3v) is 3.24. The van der Waals surface area contributed by atoms with Gasteiger partial charge in [0.15, 0.2) is 0 Å². The minimum absolute atomic E-state index is 0.0355. The molecule has 1 fully saturated rings. The van der Waals surface area contributed by atoms with Crippen molar-refractivity contribution in [3.63, 3.8) is 0 Å². The highest BCUT2D eigenvalue weighted by Crippen LogP contribution is 2.30. The van der Waals surface area contributed by atoms with Gasteiger partial charge in [-0.25, -0.2) is 8.78 Å². The predicted molar refractivity (Wildman–Crippen MR) is 50.1 cm³/mol. The van der Waals surface area contributed by atoms with Gasteiger partial charge in [-0.15, -0.1) is 0 Å². The van der Waals surface area contributed by atoms with E-state index in [-0.39, 0.29) is 13.0 Å². The quantitative estimate of drug-likeness (QED) is 0.663. The van der Waals surface area contributed by atoms with Crippen molar-refractivity contribution in [3.8, 4) is 0 Å². The van der Waals surface area contributed by atoms with Gasteiger partial charge in [0.2, 0.25) is 0 Å². The number of halogens is 2. The molecule has 2 unspecified atom stereocenters. The molecule has 1 nitrogen and oxygen atoms in total. The van der Waals surface area contributed by atoms with Gasteiger partial charge in [-0.2, -0.15) is 0 Å². The van der Waals surface area contributed by atoms with Gasteiger partial charge in [-0.05, 0) is 12.8 Å². The van der Waals surface area contributed by atoms with E-state index >= 15 is 0 Å². The molecule has 0 aromatic rings. The summed E-state index contributed by atoms with van der Waals surface area (Å²) in [6, 6.07) is 0.290. The minimum Gasteiger partial charge on any atom is -0.294 e. The van der Waals surface area contributed by atoms with Crippen molar-refractivity contribution in [1.82, 2.24) is 4.90 Å². The Kier molecular flexibility index (Phi) is 3.28. The summed E-state index contributed by atoms with van der Waals surface area (Å²) in [7, 11) is 0. The van der Waals surface area contributed by atoms with E-state index < -0.39 is 5.92 Å². The summed E-state index contributed by atoms with van der Waals surface area (Å²) in [6.07, 6.45) is 1.09. The van der Waals surface area contributed by atoms with Gasteiger partial charge in [0.25, 0.3) is 5.92 Å². The van der Waals surface area contributed by atoms with Crippen LogP contribution in [0.4, 0.5) is 8.78 Å². The van der Waals surface area contributed by atoms with E-state index in [1.165, 1.54) is 0 Å². The van der Waals surface area contributed by atoms with E-state index in [1.54, 1.807) is 0 Å². The molecular weight excluding hydrogens is 172 g/mol. The molecule has 0 spiro atoms. The van der Waals surface area contributed by atoms with Crippen LogP contribution in [0.25, 0.3) is 0 Å². The third-order valence-electron chi connectivity index (χ3n) is 3.24. The average Bonchev–Trinajstić information content (AvgIpc) is 2.43. The first-order chi connectivity index (χ1) is 5.96. The lowest BCUT2D eigenvalue weighted by Gasteiger charge is -2.28. The summed E-state index contributed by atoms with van der Waals surface area (Å²) in [5.74, 6) is -1.93. The lowest BCUT2D eigenvalue weighted by molar-refractivity contribution is 0.00558. The maximum atomic E-state index is 12.9. The summed E-state index contributed by atoms with van der Waals surface area (Å²) in [4.78, 5) is 1.91. The molecule has 1 aliphatic rings. The second-order valence-electron chi connectivity index (χ2n) is 4.20. The van der Waals surface area contributed by atoms with E-state index in [0.717, 1.165) is 6.42 Å². The van der Waals surface area contributed by atoms with Gasteiger partial charge in [0.05, 0.1) is 6.54 Å². The largest absolute Gasteiger partial charge is 0.294 e. The molecule has 1 heterocycles. The van der Waals surface area contributed by atoms with E-state index in [4.69, 9.17) is 0 Å². The Bertz CT molecular complexity index is 170. The van der Waals surface area contributed by atoms with Crippen LogP contribution in [0, 0.1) is 5.92 Å². The molecule has 0 aromatic heterocycles. The van der Waals surface area contributed by atoms with Crippen LogP contribution in [-0.4, -0.2) is 30.0 Å². The van der Waals surface area contributed by atoms with E-state index in [0.29, 0.717) is 18.5 Å². The first-order valence-corrected chi connectivity index (χ1v) is 5.08. The van der Waals surface area contributed by atoms with Crippen LogP contribution in [0.2, 0.25) is 0 Å². The molecule has 1 saturated heterocycles. The zero-order valence-corrected chi connectivity index (χ0v) is 8.69. The van der Waals surface area contributed by atoms with Gasteiger partial charge < -0.3 is 0 Å². The predicted octanol–water partition coefficient (Wildman–Crippen LogP) is 2.76. The van der Waals surface area contributed by atoms with Gasteiger partial charge in [-0.3, -0.25) is 4.90 Å². The average molecular weight is 191 g/mol. The fourth-order valence-electron chi connectivity index (χ4n) is 1.81. The second kappa shape index (κ2) is 3.91. The first kappa shape index (κ1) is 10.9. The number of nitrogens with zero attached hydrogens (tertiary/aromatic N) is 1. The highest BCUT2D eigenvalue weighted by atomic mass is 19.3. The Morgan fingerprint density at radius 2 is 2.00 bits per heavy atom. The highest BCUT2D eigenvalue weighted by Gasteiger charge is 2.40. The Hall–Kier alpha value is -0.180. The standard InChI is InChI=1S/C10H19F2N/c1-4-8(2)9(3)13-6-5-10(11,12)7-13/h8-9H,4-7H2,1-3H3. The van der Waals surface area contributed by atoms with Crippen LogP contribution in [0.5, 0.6) is 0 Å². The van der Waals surface area contributed by atoms with Crippen molar-refractivity contribution in [2.24, 2.45) is 5.92 Å². The fourth-order valence-corrected chi connectivity index (χ4v) is 1.81. The highest BCUT2D eigenvalue weighted by molar-refractivity contribution is 4.86. The molecule has 1 rings (SSSR count). The van der Waals surface area contributed by atoms with Crippen molar-refractivity contribution in [3.05, 3.63) is 0 Å². The molecule has 0 aliphatic carbocycles. The zero-order chi connectivity index (χ0) is 10.1. The van der Waals surface area contributed by atoms with Crippen LogP contribution in [0.1, 0.15) is 33.6 Å². The van der Waals surface area contributed by atoms with Crippen molar-refractivity contribution in [2.45, 2.75) is 45.6 Å². The van der Waals surface area contributed by atoms with Gasteiger partial charge >= 0.3 is 0 Å². The maximum Gasteiger partial charge on any atom is 0.261 e. The van der Waals surface area contributed by atoms with E-state index in [2.05, 4.69) is 20.8 Å². The molecule has 2 atom stereocenters. The van der Waals surface area contributed by atoms with E-state index in [1.807, 2.05) is 4.90 Å². The summed E-state index contributed by atoms with van der Waals surface area (Å²) < 4.78 is 25.8. The third kappa shape index (κ3) is 2.63.